The van der Waals surface area contributed by atoms with Gasteiger partial charge in [0.1, 0.15) is 22.3 Å². The molecule has 0 atom stereocenters. The van der Waals surface area contributed by atoms with E-state index in [0.717, 1.165) is 93.2 Å². The largest absolute Gasteiger partial charge is 0.456 e. The van der Waals surface area contributed by atoms with E-state index in [1.807, 2.05) is 12.1 Å². The van der Waals surface area contributed by atoms with Gasteiger partial charge >= 0.3 is 0 Å². The third kappa shape index (κ3) is 4.28. The van der Waals surface area contributed by atoms with E-state index < -0.39 is 0 Å². The van der Waals surface area contributed by atoms with Crippen molar-refractivity contribution in [3.05, 3.63) is 176 Å². The Labute approximate surface area is 324 Å². The van der Waals surface area contributed by atoms with Crippen molar-refractivity contribution in [1.82, 2.24) is 14.5 Å². The van der Waals surface area contributed by atoms with Gasteiger partial charge in [-0.25, -0.2) is 9.97 Å². The summed E-state index contributed by atoms with van der Waals surface area (Å²) in [7, 11) is 0. The van der Waals surface area contributed by atoms with Crippen LogP contribution in [0.3, 0.4) is 0 Å². The number of aromatic nitrogens is 3. The van der Waals surface area contributed by atoms with Gasteiger partial charge in [-0.05, 0) is 75.8 Å². The number of rotatable bonds is 3. The summed E-state index contributed by atoms with van der Waals surface area (Å²) in [5.74, 6) is 0.595. The summed E-state index contributed by atoms with van der Waals surface area (Å²) in [5.41, 5.74) is 10.5. The van der Waals surface area contributed by atoms with Crippen molar-refractivity contribution < 1.29 is 8.83 Å². The Kier molecular flexibility index (Phi) is 6.10. The van der Waals surface area contributed by atoms with Crippen molar-refractivity contribution in [2.75, 3.05) is 0 Å². The van der Waals surface area contributed by atoms with E-state index in [4.69, 9.17) is 18.8 Å². The van der Waals surface area contributed by atoms with Crippen LogP contribution in [0.5, 0.6) is 0 Å². The third-order valence-corrected chi connectivity index (χ3v) is 11.8. The van der Waals surface area contributed by atoms with Gasteiger partial charge in [0.15, 0.2) is 0 Å². The highest BCUT2D eigenvalue weighted by atomic mass is 16.3. The lowest BCUT2D eigenvalue weighted by Gasteiger charge is -2.11. The van der Waals surface area contributed by atoms with Crippen molar-refractivity contribution in [3.63, 3.8) is 0 Å². The van der Waals surface area contributed by atoms with Crippen molar-refractivity contribution in [1.29, 1.82) is 0 Å². The first-order valence-electron chi connectivity index (χ1n) is 19.2. The van der Waals surface area contributed by atoms with Crippen LogP contribution >= 0.6 is 0 Å². The lowest BCUT2D eigenvalue weighted by atomic mass is 9.95. The normalized spacial score (nSPS) is 12.2. The smallest absolute Gasteiger partial charge is 0.235 e. The van der Waals surface area contributed by atoms with Gasteiger partial charge in [0.25, 0.3) is 0 Å². The monoisotopic (exact) mass is 727 g/mol. The first kappa shape index (κ1) is 30.6. The predicted molar refractivity (Wildman–Crippen MR) is 234 cm³/mol. The van der Waals surface area contributed by atoms with E-state index in [0.29, 0.717) is 5.95 Å². The molecule has 0 unspecified atom stereocenters. The molecule has 0 aliphatic carbocycles. The molecule has 5 heteroatoms. The number of fused-ring (bicyclic) bond motifs is 15. The number of hydrogen-bond acceptors (Lipinski definition) is 4. The van der Waals surface area contributed by atoms with Crippen LogP contribution in [0.1, 0.15) is 0 Å². The first-order chi connectivity index (χ1) is 28.3. The maximum atomic E-state index is 7.02. The van der Waals surface area contributed by atoms with E-state index in [1.165, 1.54) is 27.3 Å². The topological polar surface area (TPSA) is 57.0 Å². The van der Waals surface area contributed by atoms with Gasteiger partial charge in [-0.2, -0.15) is 0 Å². The minimum absolute atomic E-state index is 0.595. The highest BCUT2D eigenvalue weighted by Crippen LogP contribution is 2.45. The molecule has 4 aromatic heterocycles. The average Bonchev–Trinajstić information content (AvgIpc) is 3.95. The molecule has 57 heavy (non-hydrogen) atoms. The Bertz CT molecular complexity index is 3820. The molecular formula is C52H29N3O2. The second kappa shape index (κ2) is 11.4. The summed E-state index contributed by atoms with van der Waals surface area (Å²) in [5, 5.41) is 12.1. The molecule has 0 aliphatic heterocycles. The van der Waals surface area contributed by atoms with Crippen LogP contribution < -0.4 is 0 Å². The van der Waals surface area contributed by atoms with E-state index in [-0.39, 0.29) is 0 Å². The molecule has 0 saturated heterocycles. The molecule has 13 rings (SSSR count). The summed E-state index contributed by atoms with van der Waals surface area (Å²) < 4.78 is 15.7. The van der Waals surface area contributed by atoms with Crippen LogP contribution in [-0.2, 0) is 0 Å². The van der Waals surface area contributed by atoms with Gasteiger partial charge in [-0.15, -0.1) is 0 Å². The van der Waals surface area contributed by atoms with Crippen LogP contribution in [0.15, 0.2) is 185 Å². The quantitative estimate of drug-likeness (QED) is 0.182. The van der Waals surface area contributed by atoms with E-state index >= 15 is 0 Å². The van der Waals surface area contributed by atoms with Gasteiger partial charge in [0.2, 0.25) is 5.95 Å². The van der Waals surface area contributed by atoms with Crippen molar-refractivity contribution >= 4 is 98.1 Å². The molecule has 264 valence electrons. The van der Waals surface area contributed by atoms with Gasteiger partial charge in [0, 0.05) is 43.3 Å². The maximum absolute atomic E-state index is 7.02. The second-order valence-corrected chi connectivity index (χ2v) is 14.9. The molecule has 0 spiro atoms. The maximum Gasteiger partial charge on any atom is 0.235 e. The number of para-hydroxylation sites is 2. The van der Waals surface area contributed by atoms with Crippen LogP contribution in [0, 0.1) is 0 Å². The summed E-state index contributed by atoms with van der Waals surface area (Å²) in [6.07, 6.45) is 0. The fourth-order valence-electron chi connectivity index (χ4n) is 9.26. The molecule has 9 aromatic carbocycles. The van der Waals surface area contributed by atoms with Crippen LogP contribution in [0.4, 0.5) is 0 Å². The predicted octanol–water partition coefficient (Wildman–Crippen LogP) is 14.2. The number of benzene rings is 9. The van der Waals surface area contributed by atoms with Gasteiger partial charge in [-0.3, -0.25) is 4.57 Å². The molecule has 0 bridgehead atoms. The summed E-state index contributed by atoms with van der Waals surface area (Å²) in [4.78, 5) is 10.7. The molecule has 13 aromatic rings. The highest BCUT2D eigenvalue weighted by molar-refractivity contribution is 6.27. The Morgan fingerprint density at radius 2 is 1.11 bits per heavy atom. The van der Waals surface area contributed by atoms with Crippen LogP contribution in [-0.4, -0.2) is 14.5 Å². The fraction of sp³-hybridized carbons (Fsp3) is 0. The molecular weight excluding hydrogens is 699 g/mol. The average molecular weight is 728 g/mol. The third-order valence-electron chi connectivity index (χ3n) is 11.8. The van der Waals surface area contributed by atoms with Crippen LogP contribution in [0.2, 0.25) is 0 Å². The second-order valence-electron chi connectivity index (χ2n) is 14.9. The Balaban J connectivity index is 1.07. The lowest BCUT2D eigenvalue weighted by Crippen LogP contribution is -2.03. The number of furan rings is 2. The fourth-order valence-corrected chi connectivity index (χ4v) is 9.26. The molecule has 0 radical (unpaired) electrons. The molecule has 0 amide bonds. The highest BCUT2D eigenvalue weighted by Gasteiger charge is 2.23. The zero-order valence-corrected chi connectivity index (χ0v) is 30.4. The molecule has 5 nitrogen and oxygen atoms in total. The zero-order chi connectivity index (χ0) is 37.2. The Morgan fingerprint density at radius 1 is 0.386 bits per heavy atom. The van der Waals surface area contributed by atoms with Crippen molar-refractivity contribution in [3.8, 4) is 28.3 Å². The molecule has 0 N–H and O–H groups in total. The van der Waals surface area contributed by atoms with E-state index in [9.17, 15) is 0 Å². The Morgan fingerprint density at radius 3 is 2.00 bits per heavy atom. The molecule has 0 saturated carbocycles. The number of nitrogens with zero attached hydrogens (tertiary/aromatic N) is 3. The van der Waals surface area contributed by atoms with Gasteiger partial charge < -0.3 is 8.83 Å². The van der Waals surface area contributed by atoms with Crippen LogP contribution in [0.25, 0.3) is 126 Å². The minimum Gasteiger partial charge on any atom is -0.456 e. The molecule has 4 heterocycles. The van der Waals surface area contributed by atoms with Crippen molar-refractivity contribution in [2.24, 2.45) is 0 Å². The SMILES string of the molecule is c1ccc(-c2cc3c4ccc5c(c6ccccc6n5-c5nc(-c6ccc7c(c6)oc6ccc8ccccc8c67)c6ccccc6n5)c4oc3c3ccccc23)cc1. The first-order valence-corrected chi connectivity index (χ1v) is 19.2. The number of hydrogen-bond donors (Lipinski definition) is 0. The van der Waals surface area contributed by atoms with Gasteiger partial charge in [0.05, 0.1) is 27.6 Å². The van der Waals surface area contributed by atoms with E-state index in [1.54, 1.807) is 0 Å². The van der Waals surface area contributed by atoms with E-state index in [2.05, 4.69) is 168 Å². The minimum atomic E-state index is 0.595. The summed E-state index contributed by atoms with van der Waals surface area (Å²) in [6.45, 7) is 0. The van der Waals surface area contributed by atoms with Crippen molar-refractivity contribution in [2.45, 2.75) is 0 Å². The molecule has 0 aliphatic rings. The summed E-state index contributed by atoms with van der Waals surface area (Å²) in [6, 6.07) is 61.7. The zero-order valence-electron chi connectivity index (χ0n) is 30.4. The standard InChI is InChI=1S/C52H29N3O2/c1-2-12-30(13-3-1)40-29-41-36-25-26-44-48(51(36)57-50(41)35-17-7-6-16-34(35)40)38-19-9-11-21-43(38)55(44)52-53-42-20-10-8-18-37(42)49(54-52)32-22-24-39-46(28-32)56-45-27-23-31-14-4-5-15-33(31)47(39)45/h1-29H. The molecule has 0 fully saturated rings. The van der Waals surface area contributed by atoms with Gasteiger partial charge in [-0.1, -0.05) is 127 Å². The lowest BCUT2D eigenvalue weighted by molar-refractivity contribution is 0.669. The summed E-state index contributed by atoms with van der Waals surface area (Å²) >= 11 is 0. The Hall–Kier alpha value is -7.76.